The zero-order valence-corrected chi connectivity index (χ0v) is 20.7. The molecule has 0 aliphatic carbocycles. The second kappa shape index (κ2) is 8.75. The van der Waals surface area contributed by atoms with Crippen molar-refractivity contribution in [3.63, 3.8) is 0 Å². The Labute approximate surface area is 203 Å². The molecule has 10 heteroatoms. The minimum absolute atomic E-state index is 0.187. The lowest BCUT2D eigenvalue weighted by Gasteiger charge is -2.34. The monoisotopic (exact) mass is 525 g/mol. The van der Waals surface area contributed by atoms with Crippen molar-refractivity contribution in [1.82, 2.24) is 19.1 Å². The molecule has 176 valence electrons. The van der Waals surface area contributed by atoms with Gasteiger partial charge in [-0.15, -0.1) is 0 Å². The first kappa shape index (κ1) is 22.4. The van der Waals surface area contributed by atoms with E-state index in [0.29, 0.717) is 48.3 Å². The van der Waals surface area contributed by atoms with Gasteiger partial charge in [-0.1, -0.05) is 15.9 Å². The van der Waals surface area contributed by atoms with E-state index in [4.69, 9.17) is 9.47 Å². The summed E-state index contributed by atoms with van der Waals surface area (Å²) in [4.78, 5) is 37.5. The van der Waals surface area contributed by atoms with Crippen LogP contribution < -0.4 is 25.6 Å². The van der Waals surface area contributed by atoms with E-state index < -0.39 is 0 Å². The van der Waals surface area contributed by atoms with Crippen molar-refractivity contribution in [2.45, 2.75) is 18.9 Å². The second-order valence-electron chi connectivity index (χ2n) is 8.32. The Balaban J connectivity index is 1.48. The molecule has 34 heavy (non-hydrogen) atoms. The highest BCUT2D eigenvalue weighted by Gasteiger charge is 2.26. The molecule has 0 N–H and O–H groups in total. The summed E-state index contributed by atoms with van der Waals surface area (Å²) < 4.78 is 14.6. The third kappa shape index (κ3) is 3.62. The lowest BCUT2D eigenvalue weighted by molar-refractivity contribution is 0.355. The van der Waals surface area contributed by atoms with Crippen molar-refractivity contribution in [3.05, 3.63) is 62.0 Å². The minimum atomic E-state index is -0.289. The maximum absolute atomic E-state index is 13.3. The first-order valence-corrected chi connectivity index (χ1v) is 11.7. The molecule has 0 atom stereocenters. The van der Waals surface area contributed by atoms with Crippen LogP contribution in [0.4, 0.5) is 5.82 Å². The van der Waals surface area contributed by atoms with Crippen LogP contribution in [-0.4, -0.2) is 46.4 Å². The number of anilines is 1. The summed E-state index contributed by atoms with van der Waals surface area (Å²) in [6.45, 7) is 1.30. The molecule has 2 aromatic carbocycles. The van der Waals surface area contributed by atoms with E-state index in [1.807, 2.05) is 18.2 Å². The van der Waals surface area contributed by atoms with E-state index in [-0.39, 0.29) is 17.3 Å². The Bertz CT molecular complexity index is 1520. The zero-order valence-electron chi connectivity index (χ0n) is 19.1. The Morgan fingerprint density at radius 1 is 0.971 bits per heavy atom. The molecule has 0 unspecified atom stereocenters. The van der Waals surface area contributed by atoms with Gasteiger partial charge in [0.15, 0.2) is 11.5 Å². The summed E-state index contributed by atoms with van der Waals surface area (Å²) in [5.41, 5.74) is 0.850. The molecule has 0 radical (unpaired) electrons. The van der Waals surface area contributed by atoms with E-state index in [9.17, 15) is 9.59 Å². The number of rotatable bonds is 4. The Morgan fingerprint density at radius 3 is 2.38 bits per heavy atom. The predicted octanol–water partition coefficient (Wildman–Crippen LogP) is 3.26. The molecule has 0 amide bonds. The van der Waals surface area contributed by atoms with Crippen LogP contribution in [0.15, 0.2) is 50.7 Å². The van der Waals surface area contributed by atoms with E-state index in [0.717, 1.165) is 21.2 Å². The Morgan fingerprint density at radius 2 is 1.68 bits per heavy atom. The number of hydrogen-bond acceptors (Lipinski definition) is 7. The molecule has 4 aromatic rings. The lowest BCUT2D eigenvalue weighted by atomic mass is 10.0. The first-order valence-electron chi connectivity index (χ1n) is 11.0. The highest BCUT2D eigenvalue weighted by atomic mass is 79.9. The van der Waals surface area contributed by atoms with Gasteiger partial charge in [-0.3, -0.25) is 13.9 Å². The van der Waals surface area contributed by atoms with Gasteiger partial charge in [-0.25, -0.2) is 14.8 Å². The summed E-state index contributed by atoms with van der Waals surface area (Å²) in [5, 5.41) is 1.39. The van der Waals surface area contributed by atoms with E-state index in [1.165, 1.54) is 10.9 Å². The van der Waals surface area contributed by atoms with Crippen molar-refractivity contribution >= 4 is 43.6 Å². The number of fused-ring (bicyclic) bond motifs is 2. The smallest absolute Gasteiger partial charge is 0.331 e. The van der Waals surface area contributed by atoms with Gasteiger partial charge in [0.25, 0.3) is 5.56 Å². The van der Waals surface area contributed by atoms with Crippen molar-refractivity contribution in [1.29, 1.82) is 0 Å². The van der Waals surface area contributed by atoms with Crippen LogP contribution in [0, 0.1) is 0 Å². The molecule has 2 aromatic heterocycles. The molecule has 1 saturated heterocycles. The number of methoxy groups -OCH3 is 2. The van der Waals surface area contributed by atoms with Crippen molar-refractivity contribution in [2.75, 3.05) is 32.2 Å². The molecule has 0 saturated carbocycles. The number of halogens is 1. The minimum Gasteiger partial charge on any atom is -0.493 e. The van der Waals surface area contributed by atoms with Gasteiger partial charge in [0.2, 0.25) is 0 Å². The number of nitrogens with zero attached hydrogens (tertiary/aromatic N) is 5. The fourth-order valence-electron chi connectivity index (χ4n) is 4.73. The van der Waals surface area contributed by atoms with Gasteiger partial charge in [0, 0.05) is 42.1 Å². The lowest BCUT2D eigenvalue weighted by Crippen LogP contribution is -2.45. The van der Waals surface area contributed by atoms with Gasteiger partial charge in [-0.2, -0.15) is 0 Å². The maximum Gasteiger partial charge on any atom is 0.331 e. The summed E-state index contributed by atoms with van der Waals surface area (Å²) >= 11 is 3.43. The fraction of sp³-hybridized carbons (Fsp3) is 0.333. The largest absolute Gasteiger partial charge is 0.493 e. The predicted molar refractivity (Wildman–Crippen MR) is 134 cm³/mol. The van der Waals surface area contributed by atoms with Crippen LogP contribution in [0.25, 0.3) is 21.8 Å². The Kier molecular flexibility index (Phi) is 5.76. The van der Waals surface area contributed by atoms with E-state index in [2.05, 4.69) is 30.8 Å². The van der Waals surface area contributed by atoms with E-state index >= 15 is 0 Å². The zero-order chi connectivity index (χ0) is 24.0. The van der Waals surface area contributed by atoms with Crippen molar-refractivity contribution < 1.29 is 9.47 Å². The van der Waals surface area contributed by atoms with Gasteiger partial charge in [0.1, 0.15) is 12.1 Å². The summed E-state index contributed by atoms with van der Waals surface area (Å²) in [5.74, 6) is 2.02. The molecule has 1 aliphatic heterocycles. The highest BCUT2D eigenvalue weighted by molar-refractivity contribution is 9.10. The number of hydrogen-bond donors (Lipinski definition) is 0. The van der Waals surface area contributed by atoms with Gasteiger partial charge in [-0.05, 0) is 37.1 Å². The second-order valence-corrected chi connectivity index (χ2v) is 9.23. The SMILES string of the molecule is COc1cc2ncnc(N3CCC(n4c(=O)c5cc(Br)ccc5n(C)c4=O)CC3)c2cc1OC. The number of aromatic nitrogens is 4. The van der Waals surface area contributed by atoms with Gasteiger partial charge < -0.3 is 14.4 Å². The maximum atomic E-state index is 13.3. The van der Waals surface area contributed by atoms with Gasteiger partial charge >= 0.3 is 5.69 Å². The average Bonchev–Trinajstić information content (AvgIpc) is 2.86. The summed E-state index contributed by atoms with van der Waals surface area (Å²) in [7, 11) is 4.89. The number of aryl methyl sites for hydroxylation is 1. The normalized spacial score (nSPS) is 14.6. The number of ether oxygens (including phenoxy) is 2. The average molecular weight is 526 g/mol. The number of piperidine rings is 1. The Hall–Kier alpha value is -3.40. The molecule has 1 aliphatic rings. The van der Waals surface area contributed by atoms with Crippen molar-refractivity contribution in [3.8, 4) is 11.5 Å². The molecular formula is C24H24BrN5O4. The molecule has 9 nitrogen and oxygen atoms in total. The third-order valence-electron chi connectivity index (χ3n) is 6.51. The quantitative estimate of drug-likeness (QED) is 0.403. The van der Waals surface area contributed by atoms with Crippen LogP contribution in [0.5, 0.6) is 11.5 Å². The number of benzene rings is 2. The molecule has 1 fully saturated rings. The summed E-state index contributed by atoms with van der Waals surface area (Å²) in [6.07, 6.45) is 2.83. The molecule has 0 bridgehead atoms. The molecule has 3 heterocycles. The van der Waals surface area contributed by atoms with E-state index in [1.54, 1.807) is 38.0 Å². The van der Waals surface area contributed by atoms with Crippen LogP contribution >= 0.6 is 15.9 Å². The standard InChI is InChI=1S/C24H24BrN5O4/c1-28-19-5-4-14(25)10-17(19)23(31)30(24(28)32)15-6-8-29(9-7-15)22-16-11-20(33-2)21(34-3)12-18(16)26-13-27-22/h4-5,10-13,15H,6-9H2,1-3H3. The summed E-state index contributed by atoms with van der Waals surface area (Å²) in [6, 6.07) is 8.93. The molecular weight excluding hydrogens is 502 g/mol. The van der Waals surface area contributed by atoms with Crippen LogP contribution in [0.1, 0.15) is 18.9 Å². The fourth-order valence-corrected chi connectivity index (χ4v) is 5.09. The topological polar surface area (TPSA) is 91.5 Å². The highest BCUT2D eigenvalue weighted by Crippen LogP contribution is 2.36. The first-order chi connectivity index (χ1) is 16.4. The molecule has 0 spiro atoms. The van der Waals surface area contributed by atoms with Crippen LogP contribution in [0.2, 0.25) is 0 Å². The van der Waals surface area contributed by atoms with Gasteiger partial charge in [0.05, 0.1) is 30.6 Å². The third-order valence-corrected chi connectivity index (χ3v) is 7.00. The molecule has 5 rings (SSSR count). The van der Waals surface area contributed by atoms with Crippen LogP contribution in [0.3, 0.4) is 0 Å². The van der Waals surface area contributed by atoms with Crippen molar-refractivity contribution in [2.24, 2.45) is 7.05 Å². The van der Waals surface area contributed by atoms with Crippen LogP contribution in [-0.2, 0) is 7.05 Å².